The van der Waals surface area contributed by atoms with Gasteiger partial charge < -0.3 is 34.6 Å². The highest BCUT2D eigenvalue weighted by atomic mass is 35.5. The number of rotatable bonds is 7. The van der Waals surface area contributed by atoms with E-state index in [1.165, 1.54) is 0 Å². The number of nitrogens with one attached hydrogen (secondary N) is 3. The van der Waals surface area contributed by atoms with Crippen LogP contribution in [0.3, 0.4) is 0 Å². The van der Waals surface area contributed by atoms with Crippen molar-refractivity contribution in [3.05, 3.63) is 52.9 Å². The van der Waals surface area contributed by atoms with E-state index < -0.39 is 0 Å². The molecule has 3 aliphatic rings. The van der Waals surface area contributed by atoms with Crippen LogP contribution < -0.4 is 20.1 Å². The maximum Gasteiger partial charge on any atom is 0.255 e. The molecule has 0 bridgehead atoms. The molecule has 6 rings (SSSR count). The second-order valence-electron chi connectivity index (χ2n) is 9.64. The van der Waals surface area contributed by atoms with E-state index in [-0.39, 0.29) is 17.4 Å². The SMILES string of the molecule is COc1c(Cl)cccc1Nc1c(-c2ccncc2OC[C@H]2COCCO2)[nH]c2c1C(=O)NCC21CCC1. The molecular weight excluding hydrogens is 496 g/mol. The van der Waals surface area contributed by atoms with Gasteiger partial charge in [0.05, 0.1) is 60.8 Å². The molecular formula is C27H29ClN4O5. The van der Waals surface area contributed by atoms with E-state index in [0.717, 1.165) is 36.2 Å². The number of carbonyl (C=O) groups is 1. The second-order valence-corrected chi connectivity index (χ2v) is 10.0. The third kappa shape index (κ3) is 4.31. The van der Waals surface area contributed by atoms with Gasteiger partial charge in [-0.3, -0.25) is 9.78 Å². The van der Waals surface area contributed by atoms with Crippen molar-refractivity contribution in [2.45, 2.75) is 30.8 Å². The molecule has 2 aromatic heterocycles. The number of hydrogen-bond donors (Lipinski definition) is 3. The fourth-order valence-corrected chi connectivity index (χ4v) is 5.63. The third-order valence-electron chi connectivity index (χ3n) is 7.45. The minimum Gasteiger partial charge on any atom is -0.493 e. The molecule has 2 aliphatic heterocycles. The van der Waals surface area contributed by atoms with Gasteiger partial charge in [0, 0.05) is 29.4 Å². The first kappa shape index (κ1) is 24.1. The molecule has 2 fully saturated rings. The lowest BCUT2D eigenvalue weighted by atomic mass is 9.64. The summed E-state index contributed by atoms with van der Waals surface area (Å²) >= 11 is 6.41. The number of benzene rings is 1. The maximum atomic E-state index is 13.3. The molecule has 1 atom stereocenters. The van der Waals surface area contributed by atoms with Crippen molar-refractivity contribution in [2.24, 2.45) is 0 Å². The van der Waals surface area contributed by atoms with Crippen molar-refractivity contribution in [2.75, 3.05) is 45.4 Å². The number of pyridine rings is 1. The molecule has 0 radical (unpaired) electrons. The Morgan fingerprint density at radius 1 is 1.27 bits per heavy atom. The minimum atomic E-state index is -0.156. The topological polar surface area (TPSA) is 107 Å². The van der Waals surface area contributed by atoms with Crippen LogP contribution in [0.1, 0.15) is 35.3 Å². The molecule has 1 aromatic carbocycles. The van der Waals surface area contributed by atoms with Crippen molar-refractivity contribution in [1.82, 2.24) is 15.3 Å². The summed E-state index contributed by atoms with van der Waals surface area (Å²) < 4.78 is 23.0. The molecule has 1 aliphatic carbocycles. The van der Waals surface area contributed by atoms with Gasteiger partial charge >= 0.3 is 0 Å². The van der Waals surface area contributed by atoms with Crippen LogP contribution in [-0.2, 0) is 14.9 Å². The standard InChI is InChI=1S/C27H29ClN4O5/c1-34-24-18(28)4-2-5-19(24)31-23-21-25(27(7-3-8-27)15-30-26(21)33)32-22(23)17-6-9-29-12-20(17)37-14-16-13-35-10-11-36-16/h2,4-6,9,12,16,31-32H,3,7-8,10-11,13-15H2,1H3,(H,30,33)/t16-/m1/s1. The quantitative estimate of drug-likeness (QED) is 0.419. The van der Waals surface area contributed by atoms with Crippen molar-refractivity contribution in [3.8, 4) is 22.8 Å². The van der Waals surface area contributed by atoms with E-state index in [0.29, 0.717) is 66.4 Å². The highest BCUT2D eigenvalue weighted by Gasteiger charge is 2.47. The zero-order valence-electron chi connectivity index (χ0n) is 20.6. The highest BCUT2D eigenvalue weighted by molar-refractivity contribution is 6.32. The molecule has 10 heteroatoms. The van der Waals surface area contributed by atoms with E-state index in [1.807, 2.05) is 18.2 Å². The molecule has 3 N–H and O–H groups in total. The van der Waals surface area contributed by atoms with E-state index >= 15 is 0 Å². The van der Waals surface area contributed by atoms with Crippen LogP contribution in [-0.4, -0.2) is 62.1 Å². The summed E-state index contributed by atoms with van der Waals surface area (Å²) in [5.74, 6) is 0.961. The van der Waals surface area contributed by atoms with Crippen LogP contribution in [0.4, 0.5) is 11.4 Å². The molecule has 1 spiro atoms. The summed E-state index contributed by atoms with van der Waals surface area (Å²) in [7, 11) is 1.57. The average Bonchev–Trinajstić information content (AvgIpc) is 3.28. The summed E-state index contributed by atoms with van der Waals surface area (Å²) in [6.45, 7) is 2.57. The summed E-state index contributed by atoms with van der Waals surface area (Å²) in [5, 5.41) is 7.05. The Labute approximate surface area is 219 Å². The molecule has 37 heavy (non-hydrogen) atoms. The Morgan fingerprint density at radius 3 is 2.92 bits per heavy atom. The number of H-pyrrole nitrogens is 1. The largest absolute Gasteiger partial charge is 0.493 e. The number of amides is 1. The van der Waals surface area contributed by atoms with E-state index in [2.05, 4.69) is 20.6 Å². The van der Waals surface area contributed by atoms with Gasteiger partial charge in [-0.25, -0.2) is 0 Å². The average molecular weight is 525 g/mol. The Balaban J connectivity index is 1.45. The molecule has 1 saturated carbocycles. The molecule has 0 unspecified atom stereocenters. The Hall–Kier alpha value is -3.27. The third-order valence-corrected chi connectivity index (χ3v) is 7.75. The molecule has 3 aromatic rings. The number of anilines is 2. The van der Waals surface area contributed by atoms with Crippen molar-refractivity contribution in [1.29, 1.82) is 0 Å². The van der Waals surface area contributed by atoms with Crippen LogP contribution in [0, 0.1) is 0 Å². The van der Waals surface area contributed by atoms with Gasteiger partial charge in [-0.05, 0) is 31.0 Å². The van der Waals surface area contributed by atoms with Gasteiger partial charge in [-0.15, -0.1) is 0 Å². The summed E-state index contributed by atoms with van der Waals surface area (Å²) in [4.78, 5) is 21.2. The summed E-state index contributed by atoms with van der Waals surface area (Å²) in [6, 6.07) is 7.36. The van der Waals surface area contributed by atoms with E-state index in [4.69, 9.17) is 30.5 Å². The predicted molar refractivity (Wildman–Crippen MR) is 139 cm³/mol. The van der Waals surface area contributed by atoms with Crippen LogP contribution in [0.2, 0.25) is 5.02 Å². The lowest BCUT2D eigenvalue weighted by molar-refractivity contribution is -0.101. The van der Waals surface area contributed by atoms with Crippen LogP contribution in [0.25, 0.3) is 11.3 Å². The first-order valence-corrected chi connectivity index (χ1v) is 12.9. The Morgan fingerprint density at radius 2 is 2.16 bits per heavy atom. The maximum absolute atomic E-state index is 13.3. The fraction of sp³-hybridized carbons (Fsp3) is 0.407. The number of para-hydroxylation sites is 1. The van der Waals surface area contributed by atoms with Crippen molar-refractivity contribution < 1.29 is 23.7 Å². The number of halogens is 1. The number of ether oxygens (including phenoxy) is 4. The molecule has 1 amide bonds. The molecule has 1 saturated heterocycles. The smallest absolute Gasteiger partial charge is 0.255 e. The van der Waals surface area contributed by atoms with Gasteiger partial charge in [0.1, 0.15) is 18.5 Å². The molecule has 4 heterocycles. The van der Waals surface area contributed by atoms with Gasteiger partial charge in [-0.1, -0.05) is 24.1 Å². The Kier molecular flexibility index (Phi) is 6.44. The normalized spacial score (nSPS) is 20.1. The number of methoxy groups -OCH3 is 1. The lowest BCUT2D eigenvalue weighted by Crippen LogP contribution is -2.50. The number of fused-ring (bicyclic) bond motifs is 2. The van der Waals surface area contributed by atoms with Gasteiger partial charge in [-0.2, -0.15) is 0 Å². The summed E-state index contributed by atoms with van der Waals surface area (Å²) in [5.41, 5.74) is 4.29. The van der Waals surface area contributed by atoms with E-state index in [1.54, 1.807) is 25.6 Å². The number of aromatic amines is 1. The van der Waals surface area contributed by atoms with Gasteiger partial charge in [0.25, 0.3) is 5.91 Å². The molecule has 9 nitrogen and oxygen atoms in total. The predicted octanol–water partition coefficient (Wildman–Crippen LogP) is 4.44. The first-order valence-electron chi connectivity index (χ1n) is 12.5. The summed E-state index contributed by atoms with van der Waals surface area (Å²) in [6.07, 6.45) is 6.39. The number of hydrogen-bond acceptors (Lipinski definition) is 7. The number of carbonyl (C=O) groups excluding carboxylic acids is 1. The monoisotopic (exact) mass is 524 g/mol. The first-order chi connectivity index (χ1) is 18.1. The minimum absolute atomic E-state index is 0.0995. The molecule has 194 valence electrons. The number of nitrogens with zero attached hydrogens (tertiary/aromatic N) is 1. The van der Waals surface area contributed by atoms with Gasteiger partial charge in [0.15, 0.2) is 5.75 Å². The van der Waals surface area contributed by atoms with Gasteiger partial charge in [0.2, 0.25) is 0 Å². The zero-order chi connectivity index (χ0) is 25.4. The van der Waals surface area contributed by atoms with Crippen LogP contribution >= 0.6 is 11.6 Å². The highest BCUT2D eigenvalue weighted by Crippen LogP contribution is 2.51. The second kappa shape index (κ2) is 9.89. The van der Waals surface area contributed by atoms with E-state index in [9.17, 15) is 4.79 Å². The van der Waals surface area contributed by atoms with Crippen molar-refractivity contribution in [3.63, 3.8) is 0 Å². The van der Waals surface area contributed by atoms with Crippen LogP contribution in [0.15, 0.2) is 36.7 Å². The Bertz CT molecular complexity index is 1320. The van der Waals surface area contributed by atoms with Crippen molar-refractivity contribution >= 4 is 28.9 Å². The number of aromatic nitrogens is 2. The fourth-order valence-electron chi connectivity index (χ4n) is 5.37. The zero-order valence-corrected chi connectivity index (χ0v) is 21.3. The lowest BCUT2D eigenvalue weighted by Gasteiger charge is -2.44. The van der Waals surface area contributed by atoms with Crippen LogP contribution in [0.5, 0.6) is 11.5 Å².